The molecule has 9 heteroatoms. The molecular formula is C19H18F3N3O3. The molecule has 3 rings (SSSR count). The summed E-state index contributed by atoms with van der Waals surface area (Å²) >= 11 is 0. The molecule has 6 nitrogen and oxygen atoms in total. The van der Waals surface area contributed by atoms with E-state index >= 15 is 0 Å². The number of carbonyl (C=O) groups is 2. The topological polar surface area (TPSA) is 71.5 Å². The number of halogens is 3. The van der Waals surface area contributed by atoms with Crippen molar-refractivity contribution in [2.75, 3.05) is 7.11 Å². The zero-order chi connectivity index (χ0) is 20.7. The first-order valence-corrected chi connectivity index (χ1v) is 8.37. The van der Waals surface area contributed by atoms with Gasteiger partial charge in [0.2, 0.25) is 5.88 Å². The predicted octanol–water partition coefficient (Wildman–Crippen LogP) is 3.38. The molecule has 2 aromatic rings. The maximum atomic E-state index is 13.0. The number of nitrogens with one attached hydrogen (secondary N) is 1. The second-order valence-corrected chi connectivity index (χ2v) is 6.69. The van der Waals surface area contributed by atoms with Crippen molar-refractivity contribution >= 4 is 11.9 Å². The largest absolute Gasteiger partial charge is 0.481 e. The molecule has 0 saturated carbocycles. The van der Waals surface area contributed by atoms with Crippen LogP contribution in [0.3, 0.4) is 0 Å². The van der Waals surface area contributed by atoms with Gasteiger partial charge < -0.3 is 10.1 Å². The van der Waals surface area contributed by atoms with Crippen LogP contribution in [0, 0.1) is 6.92 Å². The van der Waals surface area contributed by atoms with Crippen molar-refractivity contribution in [2.45, 2.75) is 32.1 Å². The number of rotatable bonds is 4. The van der Waals surface area contributed by atoms with Crippen LogP contribution in [0.25, 0.3) is 0 Å². The van der Waals surface area contributed by atoms with Crippen molar-refractivity contribution in [3.05, 3.63) is 58.8 Å². The molecule has 2 heterocycles. The number of pyridine rings is 1. The summed E-state index contributed by atoms with van der Waals surface area (Å²) in [6.45, 7) is 3.10. The zero-order valence-corrected chi connectivity index (χ0v) is 15.4. The second kappa shape index (κ2) is 6.81. The molecule has 0 aliphatic carbocycles. The lowest BCUT2D eigenvalue weighted by Gasteiger charge is -2.23. The monoisotopic (exact) mass is 393 g/mol. The van der Waals surface area contributed by atoms with Gasteiger partial charge in [0.25, 0.3) is 5.91 Å². The number of aryl methyl sites for hydroxylation is 1. The van der Waals surface area contributed by atoms with Gasteiger partial charge >= 0.3 is 12.2 Å². The number of methoxy groups -OCH3 is 1. The third-order valence-electron chi connectivity index (χ3n) is 4.66. The molecule has 0 spiro atoms. The Hall–Kier alpha value is -3.10. The van der Waals surface area contributed by atoms with E-state index in [4.69, 9.17) is 4.74 Å². The number of ether oxygens (including phenoxy) is 1. The molecule has 1 unspecified atom stereocenters. The Balaban J connectivity index is 1.90. The lowest BCUT2D eigenvalue weighted by atomic mass is 9.90. The minimum Gasteiger partial charge on any atom is -0.481 e. The minimum absolute atomic E-state index is 0.0585. The van der Waals surface area contributed by atoms with Crippen LogP contribution in [0.2, 0.25) is 0 Å². The Kier molecular flexibility index (Phi) is 4.78. The average molecular weight is 393 g/mol. The summed E-state index contributed by atoms with van der Waals surface area (Å²) in [6.07, 6.45) is -3.07. The first-order chi connectivity index (χ1) is 13.1. The van der Waals surface area contributed by atoms with E-state index in [1.54, 1.807) is 13.0 Å². The first kappa shape index (κ1) is 19.7. The minimum atomic E-state index is -4.55. The van der Waals surface area contributed by atoms with Crippen LogP contribution in [0.5, 0.6) is 5.88 Å². The SMILES string of the molecule is COc1ncc(CN2C(=O)NC(C)(c3cccc(C(F)(F)F)c3)C2=O)cc1C. The van der Waals surface area contributed by atoms with Gasteiger partial charge in [0.05, 0.1) is 19.2 Å². The third kappa shape index (κ3) is 3.39. The van der Waals surface area contributed by atoms with E-state index in [1.807, 2.05) is 0 Å². The second-order valence-electron chi connectivity index (χ2n) is 6.69. The summed E-state index contributed by atoms with van der Waals surface area (Å²) in [6, 6.07) is 5.43. The summed E-state index contributed by atoms with van der Waals surface area (Å²) < 4.78 is 44.1. The van der Waals surface area contributed by atoms with Gasteiger partial charge in [-0.05, 0) is 43.2 Å². The van der Waals surface area contributed by atoms with E-state index in [0.29, 0.717) is 11.4 Å². The molecule has 1 saturated heterocycles. The lowest BCUT2D eigenvalue weighted by molar-refractivity contribution is -0.138. The van der Waals surface area contributed by atoms with E-state index < -0.39 is 29.2 Å². The van der Waals surface area contributed by atoms with Crippen molar-refractivity contribution in [2.24, 2.45) is 0 Å². The number of aromatic nitrogens is 1. The van der Waals surface area contributed by atoms with Crippen LogP contribution in [0.15, 0.2) is 36.5 Å². The molecule has 1 fully saturated rings. The van der Waals surface area contributed by atoms with Crippen LogP contribution in [-0.2, 0) is 23.1 Å². The molecule has 1 aliphatic heterocycles. The maximum Gasteiger partial charge on any atom is 0.416 e. The van der Waals surface area contributed by atoms with Crippen molar-refractivity contribution in [1.82, 2.24) is 15.2 Å². The fraction of sp³-hybridized carbons (Fsp3) is 0.316. The van der Waals surface area contributed by atoms with Crippen molar-refractivity contribution in [3.63, 3.8) is 0 Å². The standard InChI is InChI=1S/C19H18F3N3O3/c1-11-7-12(9-23-15(11)28-3)10-25-16(26)18(2,24-17(25)27)13-5-4-6-14(8-13)19(20,21)22/h4-9H,10H2,1-3H3,(H,24,27). The normalized spacial score (nSPS) is 19.7. The Labute approximate surface area is 159 Å². The Bertz CT molecular complexity index is 946. The molecular weight excluding hydrogens is 375 g/mol. The van der Waals surface area contributed by atoms with Crippen LogP contribution in [-0.4, -0.2) is 28.9 Å². The molecule has 1 aliphatic rings. The van der Waals surface area contributed by atoms with Crippen LogP contribution >= 0.6 is 0 Å². The highest BCUT2D eigenvalue weighted by molar-refractivity contribution is 6.07. The fourth-order valence-electron chi connectivity index (χ4n) is 3.15. The maximum absolute atomic E-state index is 13.0. The van der Waals surface area contributed by atoms with Crippen molar-refractivity contribution < 1.29 is 27.5 Å². The van der Waals surface area contributed by atoms with Crippen LogP contribution in [0.1, 0.15) is 29.2 Å². The number of alkyl halides is 3. The molecule has 1 atom stereocenters. The van der Waals surface area contributed by atoms with Crippen LogP contribution < -0.4 is 10.1 Å². The number of urea groups is 1. The van der Waals surface area contributed by atoms with E-state index in [0.717, 1.165) is 22.6 Å². The number of carbonyl (C=O) groups excluding carboxylic acids is 2. The van der Waals surface area contributed by atoms with Gasteiger partial charge in [-0.15, -0.1) is 0 Å². The lowest BCUT2D eigenvalue weighted by Crippen LogP contribution is -2.41. The molecule has 1 aromatic heterocycles. The highest BCUT2D eigenvalue weighted by atomic mass is 19.4. The summed E-state index contributed by atoms with van der Waals surface area (Å²) in [4.78, 5) is 30.4. The van der Waals surface area contributed by atoms with Crippen molar-refractivity contribution in [1.29, 1.82) is 0 Å². The first-order valence-electron chi connectivity index (χ1n) is 8.37. The highest BCUT2D eigenvalue weighted by Crippen LogP contribution is 2.35. The fourth-order valence-corrected chi connectivity index (χ4v) is 3.15. The molecule has 0 radical (unpaired) electrons. The summed E-state index contributed by atoms with van der Waals surface area (Å²) in [5.74, 6) is -0.208. The summed E-state index contributed by atoms with van der Waals surface area (Å²) in [7, 11) is 1.48. The average Bonchev–Trinajstić information content (AvgIpc) is 2.85. The van der Waals surface area contributed by atoms with Gasteiger partial charge in [-0.3, -0.25) is 9.69 Å². The number of hydrogen-bond donors (Lipinski definition) is 1. The molecule has 1 aromatic carbocycles. The summed E-state index contributed by atoms with van der Waals surface area (Å²) in [5.41, 5.74) is -1.09. The smallest absolute Gasteiger partial charge is 0.416 e. The predicted molar refractivity (Wildman–Crippen MR) is 93.4 cm³/mol. The Morgan fingerprint density at radius 1 is 1.25 bits per heavy atom. The zero-order valence-electron chi connectivity index (χ0n) is 15.4. The number of amides is 3. The van der Waals surface area contributed by atoms with Gasteiger partial charge in [0.15, 0.2) is 0 Å². The molecule has 0 bridgehead atoms. The molecule has 3 amide bonds. The van der Waals surface area contributed by atoms with E-state index in [-0.39, 0.29) is 12.1 Å². The highest BCUT2D eigenvalue weighted by Gasteiger charge is 2.49. The number of hydrogen-bond acceptors (Lipinski definition) is 4. The summed E-state index contributed by atoms with van der Waals surface area (Å²) in [5, 5.41) is 2.51. The number of nitrogens with zero attached hydrogens (tertiary/aromatic N) is 2. The van der Waals surface area contributed by atoms with Crippen molar-refractivity contribution in [3.8, 4) is 5.88 Å². The Morgan fingerprint density at radius 3 is 2.57 bits per heavy atom. The molecule has 1 N–H and O–H groups in total. The van der Waals surface area contributed by atoms with Gasteiger partial charge in [-0.2, -0.15) is 13.2 Å². The van der Waals surface area contributed by atoms with Gasteiger partial charge in [-0.25, -0.2) is 9.78 Å². The molecule has 148 valence electrons. The van der Waals surface area contributed by atoms with Crippen LogP contribution in [0.4, 0.5) is 18.0 Å². The number of imide groups is 1. The van der Waals surface area contributed by atoms with Gasteiger partial charge in [0, 0.05) is 11.8 Å². The van der Waals surface area contributed by atoms with E-state index in [2.05, 4.69) is 10.3 Å². The van der Waals surface area contributed by atoms with E-state index in [1.165, 1.54) is 32.4 Å². The Morgan fingerprint density at radius 2 is 1.96 bits per heavy atom. The quantitative estimate of drug-likeness (QED) is 0.809. The third-order valence-corrected chi connectivity index (χ3v) is 4.66. The van der Waals surface area contributed by atoms with Gasteiger partial charge in [-0.1, -0.05) is 12.1 Å². The van der Waals surface area contributed by atoms with E-state index in [9.17, 15) is 22.8 Å². The number of benzene rings is 1. The molecule has 28 heavy (non-hydrogen) atoms. The van der Waals surface area contributed by atoms with Gasteiger partial charge in [0.1, 0.15) is 5.54 Å².